The van der Waals surface area contributed by atoms with Gasteiger partial charge >= 0.3 is 0 Å². The van der Waals surface area contributed by atoms with Crippen LogP contribution in [0.15, 0.2) is 30.3 Å². The van der Waals surface area contributed by atoms with E-state index in [-0.39, 0.29) is 18.4 Å². The van der Waals surface area contributed by atoms with Crippen LogP contribution in [0.5, 0.6) is 0 Å². The van der Waals surface area contributed by atoms with Gasteiger partial charge in [0.1, 0.15) is 6.54 Å². The third-order valence-electron chi connectivity index (χ3n) is 3.42. The Kier molecular flexibility index (Phi) is 6.07. The highest BCUT2D eigenvalue weighted by molar-refractivity contribution is 8.00. The molecule has 0 aliphatic carbocycles. The lowest BCUT2D eigenvalue weighted by atomic mass is 10.1. The fourth-order valence-corrected chi connectivity index (χ4v) is 3.13. The minimum atomic E-state index is -0.0211. The molecule has 1 fully saturated rings. The van der Waals surface area contributed by atoms with Gasteiger partial charge in [-0.25, -0.2) is 0 Å². The molecule has 21 heavy (non-hydrogen) atoms. The van der Waals surface area contributed by atoms with Crippen LogP contribution >= 0.6 is 11.8 Å². The Morgan fingerprint density at radius 1 is 1.29 bits per heavy atom. The monoisotopic (exact) mass is 307 g/mol. The Hall–Kier alpha value is -1.53. The first-order chi connectivity index (χ1) is 10.2. The standard InChI is InChI=1S/C15H21N3O2S/c16-7-9-17(8-6-13-4-2-1-3-5-13)14(19)10-18-12-21-11-15(18)20/h1-5H,6-12,16H2. The van der Waals surface area contributed by atoms with Crippen molar-refractivity contribution < 1.29 is 9.59 Å². The maximum atomic E-state index is 12.3. The first-order valence-corrected chi connectivity index (χ1v) is 8.23. The van der Waals surface area contributed by atoms with Crippen molar-refractivity contribution in [1.29, 1.82) is 0 Å². The van der Waals surface area contributed by atoms with E-state index >= 15 is 0 Å². The lowest BCUT2D eigenvalue weighted by Gasteiger charge is -2.24. The molecule has 0 spiro atoms. The van der Waals surface area contributed by atoms with Gasteiger partial charge in [0, 0.05) is 19.6 Å². The molecule has 1 aliphatic heterocycles. The normalized spacial score (nSPS) is 14.5. The summed E-state index contributed by atoms with van der Waals surface area (Å²) in [6, 6.07) is 10.1. The highest BCUT2D eigenvalue weighted by Crippen LogP contribution is 2.14. The first-order valence-electron chi connectivity index (χ1n) is 7.08. The molecule has 1 heterocycles. The van der Waals surface area contributed by atoms with Crippen LogP contribution in [0, 0.1) is 0 Å². The topological polar surface area (TPSA) is 66.6 Å². The lowest BCUT2D eigenvalue weighted by molar-refractivity contribution is -0.137. The Bertz CT molecular complexity index is 481. The molecule has 0 saturated carbocycles. The van der Waals surface area contributed by atoms with Gasteiger partial charge in [-0.1, -0.05) is 30.3 Å². The zero-order valence-corrected chi connectivity index (χ0v) is 12.8. The molecule has 1 saturated heterocycles. The van der Waals surface area contributed by atoms with E-state index in [1.54, 1.807) is 21.6 Å². The second-order valence-corrected chi connectivity index (χ2v) is 5.93. The van der Waals surface area contributed by atoms with Crippen LogP contribution in [-0.2, 0) is 16.0 Å². The molecule has 1 aromatic rings. The molecule has 0 atom stereocenters. The minimum Gasteiger partial charge on any atom is -0.340 e. The van der Waals surface area contributed by atoms with Crippen molar-refractivity contribution >= 4 is 23.6 Å². The second-order valence-electron chi connectivity index (χ2n) is 4.97. The molecular formula is C15H21N3O2S. The number of hydrogen-bond donors (Lipinski definition) is 1. The number of rotatable bonds is 7. The van der Waals surface area contributed by atoms with Gasteiger partial charge in [-0.3, -0.25) is 9.59 Å². The van der Waals surface area contributed by atoms with Gasteiger partial charge in [-0.15, -0.1) is 11.8 Å². The molecule has 2 amide bonds. The molecule has 0 aromatic heterocycles. The van der Waals surface area contributed by atoms with E-state index in [1.165, 1.54) is 5.56 Å². The summed E-state index contributed by atoms with van der Waals surface area (Å²) in [4.78, 5) is 27.3. The number of benzene rings is 1. The zero-order chi connectivity index (χ0) is 15.1. The summed E-state index contributed by atoms with van der Waals surface area (Å²) < 4.78 is 0. The average molecular weight is 307 g/mol. The predicted octanol–water partition coefficient (Wildman–Crippen LogP) is 0.549. The number of carbonyl (C=O) groups is 2. The lowest BCUT2D eigenvalue weighted by Crippen LogP contribution is -2.43. The number of nitrogens with two attached hydrogens (primary N) is 1. The Morgan fingerprint density at radius 2 is 2.05 bits per heavy atom. The van der Waals surface area contributed by atoms with Gasteiger partial charge in [0.25, 0.3) is 0 Å². The van der Waals surface area contributed by atoms with E-state index in [2.05, 4.69) is 0 Å². The van der Waals surface area contributed by atoms with Gasteiger partial charge < -0.3 is 15.5 Å². The van der Waals surface area contributed by atoms with E-state index < -0.39 is 0 Å². The van der Waals surface area contributed by atoms with Crippen molar-refractivity contribution in [1.82, 2.24) is 9.80 Å². The summed E-state index contributed by atoms with van der Waals surface area (Å²) >= 11 is 1.55. The van der Waals surface area contributed by atoms with Crippen molar-refractivity contribution in [3.05, 3.63) is 35.9 Å². The van der Waals surface area contributed by atoms with Gasteiger partial charge in [0.05, 0.1) is 11.6 Å². The molecule has 6 heteroatoms. The van der Waals surface area contributed by atoms with Crippen LogP contribution in [0.1, 0.15) is 5.56 Å². The minimum absolute atomic E-state index is 0.0211. The molecule has 2 rings (SSSR count). The summed E-state index contributed by atoms with van der Waals surface area (Å²) in [5.41, 5.74) is 6.79. The van der Waals surface area contributed by atoms with E-state index in [1.807, 2.05) is 30.3 Å². The summed E-state index contributed by atoms with van der Waals surface area (Å²) in [5.74, 6) is 1.12. The van der Waals surface area contributed by atoms with Gasteiger partial charge in [0.15, 0.2) is 0 Å². The highest BCUT2D eigenvalue weighted by Gasteiger charge is 2.25. The maximum Gasteiger partial charge on any atom is 0.242 e. The highest BCUT2D eigenvalue weighted by atomic mass is 32.2. The van der Waals surface area contributed by atoms with E-state index in [0.29, 0.717) is 31.3 Å². The van der Waals surface area contributed by atoms with E-state index in [0.717, 1.165) is 6.42 Å². The van der Waals surface area contributed by atoms with E-state index in [9.17, 15) is 9.59 Å². The fraction of sp³-hybridized carbons (Fsp3) is 0.467. The molecule has 1 aromatic carbocycles. The molecule has 5 nitrogen and oxygen atoms in total. The maximum absolute atomic E-state index is 12.3. The molecular weight excluding hydrogens is 286 g/mol. The quantitative estimate of drug-likeness (QED) is 0.799. The van der Waals surface area contributed by atoms with Crippen molar-refractivity contribution in [3.63, 3.8) is 0 Å². The Labute approximate surface area is 129 Å². The number of thioether (sulfide) groups is 1. The van der Waals surface area contributed by atoms with Crippen LogP contribution < -0.4 is 5.73 Å². The van der Waals surface area contributed by atoms with Crippen LogP contribution in [0.2, 0.25) is 0 Å². The van der Waals surface area contributed by atoms with Crippen molar-refractivity contribution in [2.24, 2.45) is 5.73 Å². The van der Waals surface area contributed by atoms with E-state index in [4.69, 9.17) is 5.73 Å². The predicted molar refractivity (Wildman–Crippen MR) is 84.8 cm³/mol. The molecule has 2 N–H and O–H groups in total. The number of amides is 2. The first kappa shape index (κ1) is 15.9. The summed E-state index contributed by atoms with van der Waals surface area (Å²) in [6.07, 6.45) is 0.801. The third kappa shape index (κ3) is 4.75. The van der Waals surface area contributed by atoms with Crippen molar-refractivity contribution in [2.45, 2.75) is 6.42 Å². The summed E-state index contributed by atoms with van der Waals surface area (Å²) in [5, 5.41) is 0. The number of carbonyl (C=O) groups excluding carboxylic acids is 2. The fourth-order valence-electron chi connectivity index (χ4n) is 2.23. The summed E-state index contributed by atoms with van der Waals surface area (Å²) in [7, 11) is 0. The van der Waals surface area contributed by atoms with Gasteiger partial charge in [-0.05, 0) is 12.0 Å². The molecule has 0 radical (unpaired) electrons. The molecule has 0 unspecified atom stereocenters. The van der Waals surface area contributed by atoms with Crippen molar-refractivity contribution in [3.8, 4) is 0 Å². The van der Waals surface area contributed by atoms with Gasteiger partial charge in [-0.2, -0.15) is 0 Å². The average Bonchev–Trinajstić information content (AvgIpc) is 2.89. The largest absolute Gasteiger partial charge is 0.340 e. The third-order valence-corrected chi connectivity index (χ3v) is 4.36. The smallest absolute Gasteiger partial charge is 0.242 e. The second kappa shape index (κ2) is 8.05. The molecule has 114 valence electrons. The molecule has 1 aliphatic rings. The van der Waals surface area contributed by atoms with Crippen molar-refractivity contribution in [2.75, 3.05) is 37.8 Å². The number of nitrogens with zero attached hydrogens (tertiary/aromatic N) is 2. The molecule has 0 bridgehead atoms. The van der Waals surface area contributed by atoms with Crippen LogP contribution in [0.4, 0.5) is 0 Å². The summed E-state index contributed by atoms with van der Waals surface area (Å²) in [6.45, 7) is 1.76. The van der Waals surface area contributed by atoms with Crippen LogP contribution in [-0.4, -0.2) is 59.4 Å². The van der Waals surface area contributed by atoms with Crippen LogP contribution in [0.3, 0.4) is 0 Å². The van der Waals surface area contributed by atoms with Crippen LogP contribution in [0.25, 0.3) is 0 Å². The number of hydrogen-bond acceptors (Lipinski definition) is 4. The SMILES string of the molecule is NCCN(CCc1ccccc1)C(=O)CN1CSCC1=O. The Balaban J connectivity index is 1.88. The van der Waals surface area contributed by atoms with Gasteiger partial charge in [0.2, 0.25) is 11.8 Å². The zero-order valence-electron chi connectivity index (χ0n) is 12.0. The Morgan fingerprint density at radius 3 is 2.67 bits per heavy atom.